The predicted molar refractivity (Wildman–Crippen MR) is 90.9 cm³/mol. The molecule has 0 spiro atoms. The summed E-state index contributed by atoms with van der Waals surface area (Å²) in [6.07, 6.45) is 1.68. The smallest absolute Gasteiger partial charge is 0.240 e. The third kappa shape index (κ3) is 3.27. The van der Waals surface area contributed by atoms with Crippen molar-refractivity contribution in [1.29, 1.82) is 0 Å². The first kappa shape index (κ1) is 16.5. The van der Waals surface area contributed by atoms with Crippen molar-refractivity contribution in [2.45, 2.75) is 25.3 Å². The Hall–Kier alpha value is -2.38. The highest BCUT2D eigenvalue weighted by Gasteiger charge is 2.16. The maximum atomic E-state index is 12.4. The Kier molecular flexibility index (Phi) is 4.29. The summed E-state index contributed by atoms with van der Waals surface area (Å²) in [6.45, 7) is 3.93. The van der Waals surface area contributed by atoms with E-state index in [0.29, 0.717) is 11.5 Å². The Morgan fingerprint density at radius 3 is 2.58 bits per heavy atom. The first-order valence-electron chi connectivity index (χ1n) is 7.51. The van der Waals surface area contributed by atoms with Crippen LogP contribution in [0.1, 0.15) is 16.9 Å². The van der Waals surface area contributed by atoms with E-state index < -0.39 is 10.0 Å². The monoisotopic (exact) mass is 345 g/mol. The van der Waals surface area contributed by atoms with Crippen molar-refractivity contribution >= 4 is 10.0 Å². The number of hydrogen-bond donors (Lipinski definition) is 1. The van der Waals surface area contributed by atoms with Crippen molar-refractivity contribution in [3.8, 4) is 11.5 Å². The average molecular weight is 345 g/mol. The number of sulfonamides is 1. The molecule has 0 aliphatic heterocycles. The Labute approximate surface area is 141 Å². The molecule has 2 aromatic heterocycles. The first-order chi connectivity index (χ1) is 11.4. The maximum absolute atomic E-state index is 12.4. The van der Waals surface area contributed by atoms with Crippen LogP contribution in [0, 0.1) is 13.8 Å². The molecule has 2 heterocycles. The standard InChI is InChI=1S/C17H19N3O3S/c1-12-4-6-15(10-13(12)2)24(21,22)19-11-14-5-7-17(23-14)16-8-9-18-20(16)3/h4-10,19H,11H2,1-3H3. The fraction of sp³-hybridized carbons (Fsp3) is 0.235. The van der Waals surface area contributed by atoms with Crippen molar-refractivity contribution in [3.63, 3.8) is 0 Å². The number of nitrogens with one attached hydrogen (secondary N) is 1. The molecule has 3 aromatic rings. The molecular formula is C17H19N3O3S. The van der Waals surface area contributed by atoms with Gasteiger partial charge >= 0.3 is 0 Å². The van der Waals surface area contributed by atoms with E-state index in [1.54, 1.807) is 41.2 Å². The molecule has 24 heavy (non-hydrogen) atoms. The minimum atomic E-state index is -3.58. The molecule has 0 bridgehead atoms. The molecule has 0 unspecified atom stereocenters. The summed E-state index contributed by atoms with van der Waals surface area (Å²) < 4.78 is 34.7. The van der Waals surface area contributed by atoms with Gasteiger partial charge in [-0.2, -0.15) is 5.10 Å². The molecule has 1 aromatic carbocycles. The molecule has 6 nitrogen and oxygen atoms in total. The van der Waals surface area contributed by atoms with Gasteiger partial charge in [0, 0.05) is 13.2 Å². The number of benzene rings is 1. The summed E-state index contributed by atoms with van der Waals surface area (Å²) in [5.41, 5.74) is 2.83. The van der Waals surface area contributed by atoms with Gasteiger partial charge in [0.2, 0.25) is 10.0 Å². The lowest BCUT2D eigenvalue weighted by Gasteiger charge is -2.07. The second-order valence-corrected chi connectivity index (χ2v) is 7.44. The van der Waals surface area contributed by atoms with E-state index >= 15 is 0 Å². The highest BCUT2D eigenvalue weighted by molar-refractivity contribution is 7.89. The fourth-order valence-corrected chi connectivity index (χ4v) is 3.43. The maximum Gasteiger partial charge on any atom is 0.240 e. The van der Waals surface area contributed by atoms with Gasteiger partial charge in [-0.25, -0.2) is 13.1 Å². The molecule has 0 aliphatic rings. The molecular weight excluding hydrogens is 326 g/mol. The van der Waals surface area contributed by atoms with Crippen molar-refractivity contribution in [3.05, 3.63) is 59.5 Å². The van der Waals surface area contributed by atoms with E-state index in [0.717, 1.165) is 16.8 Å². The lowest BCUT2D eigenvalue weighted by atomic mass is 10.1. The largest absolute Gasteiger partial charge is 0.458 e. The van der Waals surface area contributed by atoms with Crippen molar-refractivity contribution in [1.82, 2.24) is 14.5 Å². The van der Waals surface area contributed by atoms with Gasteiger partial charge in [0.05, 0.1) is 11.4 Å². The van der Waals surface area contributed by atoms with E-state index in [1.165, 1.54) is 0 Å². The molecule has 7 heteroatoms. The number of aromatic nitrogens is 2. The Balaban J connectivity index is 1.74. The van der Waals surface area contributed by atoms with Crippen LogP contribution in [0.4, 0.5) is 0 Å². The number of nitrogens with zero attached hydrogens (tertiary/aromatic N) is 2. The quantitative estimate of drug-likeness (QED) is 0.771. The van der Waals surface area contributed by atoms with Crippen LogP contribution in [0.3, 0.4) is 0 Å². The van der Waals surface area contributed by atoms with E-state index in [2.05, 4.69) is 9.82 Å². The second kappa shape index (κ2) is 6.26. The zero-order chi connectivity index (χ0) is 17.3. The van der Waals surface area contributed by atoms with Crippen LogP contribution in [0.2, 0.25) is 0 Å². The van der Waals surface area contributed by atoms with Gasteiger partial charge in [0.25, 0.3) is 0 Å². The summed E-state index contributed by atoms with van der Waals surface area (Å²) >= 11 is 0. The molecule has 126 valence electrons. The van der Waals surface area contributed by atoms with Gasteiger partial charge in [-0.1, -0.05) is 6.07 Å². The third-order valence-electron chi connectivity index (χ3n) is 3.96. The van der Waals surface area contributed by atoms with E-state index in [4.69, 9.17) is 4.42 Å². The van der Waals surface area contributed by atoms with Gasteiger partial charge < -0.3 is 4.42 Å². The van der Waals surface area contributed by atoms with Crippen LogP contribution in [0.15, 0.2) is 51.9 Å². The lowest BCUT2D eigenvalue weighted by Crippen LogP contribution is -2.23. The van der Waals surface area contributed by atoms with E-state index in [-0.39, 0.29) is 11.4 Å². The first-order valence-corrected chi connectivity index (χ1v) is 8.99. The number of rotatable bonds is 5. The van der Waals surface area contributed by atoms with Crippen molar-refractivity contribution < 1.29 is 12.8 Å². The number of hydrogen-bond acceptors (Lipinski definition) is 4. The fourth-order valence-electron chi connectivity index (χ4n) is 2.36. The molecule has 0 saturated carbocycles. The molecule has 0 aliphatic carbocycles. The Morgan fingerprint density at radius 1 is 1.12 bits per heavy atom. The highest BCUT2D eigenvalue weighted by Crippen LogP contribution is 2.21. The Morgan fingerprint density at radius 2 is 1.92 bits per heavy atom. The Bertz CT molecular complexity index is 971. The normalized spacial score (nSPS) is 11.8. The van der Waals surface area contributed by atoms with Crippen LogP contribution in [-0.4, -0.2) is 18.2 Å². The molecule has 0 atom stereocenters. The van der Waals surface area contributed by atoms with Gasteiger partial charge in [-0.3, -0.25) is 4.68 Å². The SMILES string of the molecule is Cc1ccc(S(=O)(=O)NCc2ccc(-c3ccnn3C)o2)cc1C. The second-order valence-electron chi connectivity index (χ2n) is 5.68. The van der Waals surface area contributed by atoms with Crippen LogP contribution < -0.4 is 4.72 Å². The molecule has 3 rings (SSSR count). The minimum absolute atomic E-state index is 0.0904. The number of furan rings is 1. The summed E-state index contributed by atoms with van der Waals surface area (Å²) in [5.74, 6) is 1.19. The summed E-state index contributed by atoms with van der Waals surface area (Å²) in [7, 11) is -1.76. The van der Waals surface area contributed by atoms with Crippen molar-refractivity contribution in [2.75, 3.05) is 0 Å². The van der Waals surface area contributed by atoms with Crippen molar-refractivity contribution in [2.24, 2.45) is 7.05 Å². The van der Waals surface area contributed by atoms with E-state index in [9.17, 15) is 8.42 Å². The summed E-state index contributed by atoms with van der Waals surface area (Å²) in [4.78, 5) is 0.254. The van der Waals surface area contributed by atoms with Crippen LogP contribution in [-0.2, 0) is 23.6 Å². The molecule has 0 amide bonds. The van der Waals surface area contributed by atoms with Gasteiger partial charge in [-0.05, 0) is 55.3 Å². The molecule has 0 fully saturated rings. The van der Waals surface area contributed by atoms with Gasteiger partial charge in [0.1, 0.15) is 11.5 Å². The molecule has 1 N–H and O–H groups in total. The number of aryl methyl sites for hydroxylation is 3. The minimum Gasteiger partial charge on any atom is -0.458 e. The predicted octanol–water partition coefficient (Wildman–Crippen LogP) is 2.78. The lowest BCUT2D eigenvalue weighted by molar-refractivity contribution is 0.505. The van der Waals surface area contributed by atoms with Crippen LogP contribution >= 0.6 is 0 Å². The van der Waals surface area contributed by atoms with Gasteiger partial charge in [0.15, 0.2) is 5.76 Å². The van der Waals surface area contributed by atoms with Gasteiger partial charge in [-0.15, -0.1) is 0 Å². The van der Waals surface area contributed by atoms with Crippen LogP contribution in [0.25, 0.3) is 11.5 Å². The zero-order valence-corrected chi connectivity index (χ0v) is 14.6. The van der Waals surface area contributed by atoms with E-state index in [1.807, 2.05) is 27.0 Å². The average Bonchev–Trinajstić information content (AvgIpc) is 3.16. The summed E-state index contributed by atoms with van der Waals surface area (Å²) in [5, 5.41) is 4.09. The highest BCUT2D eigenvalue weighted by atomic mass is 32.2. The zero-order valence-electron chi connectivity index (χ0n) is 13.8. The third-order valence-corrected chi connectivity index (χ3v) is 5.36. The molecule has 0 saturated heterocycles. The molecule has 0 radical (unpaired) electrons. The topological polar surface area (TPSA) is 77.1 Å². The summed E-state index contributed by atoms with van der Waals surface area (Å²) in [6, 6.07) is 10.5. The van der Waals surface area contributed by atoms with Crippen LogP contribution in [0.5, 0.6) is 0 Å².